The van der Waals surface area contributed by atoms with Crippen LogP contribution in [0.5, 0.6) is 5.75 Å². The smallest absolute Gasteiger partial charge is 0.193 e. The molecule has 1 fully saturated rings. The first kappa shape index (κ1) is 21.4. The van der Waals surface area contributed by atoms with E-state index in [4.69, 9.17) is 4.74 Å². The summed E-state index contributed by atoms with van der Waals surface area (Å²) < 4.78 is 6.10. The van der Waals surface area contributed by atoms with Gasteiger partial charge < -0.3 is 15.0 Å². The fourth-order valence-electron chi connectivity index (χ4n) is 3.69. The maximum Gasteiger partial charge on any atom is 0.193 e. The van der Waals surface area contributed by atoms with Crippen LogP contribution in [0.4, 0.5) is 0 Å². The van der Waals surface area contributed by atoms with E-state index < -0.39 is 0 Å². The first-order chi connectivity index (χ1) is 13.8. The molecule has 1 N–H and O–H groups in total. The second kappa shape index (κ2) is 10.4. The van der Waals surface area contributed by atoms with Gasteiger partial charge in [-0.25, -0.2) is 0 Å². The Kier molecular flexibility index (Phi) is 7.69. The molecule has 0 saturated carbocycles. The van der Waals surface area contributed by atoms with Gasteiger partial charge in [0.2, 0.25) is 0 Å². The summed E-state index contributed by atoms with van der Waals surface area (Å²) in [6.45, 7) is 2.61. The van der Waals surface area contributed by atoms with E-state index in [1.54, 1.807) is 0 Å². The average molecular weight is 502 g/mol. The highest BCUT2D eigenvalue weighted by Crippen LogP contribution is 2.19. The molecule has 0 radical (unpaired) electrons. The molecule has 0 bridgehead atoms. The van der Waals surface area contributed by atoms with E-state index in [1.165, 1.54) is 10.9 Å². The summed E-state index contributed by atoms with van der Waals surface area (Å²) in [6.07, 6.45) is 4.12. The highest BCUT2D eigenvalue weighted by molar-refractivity contribution is 14.0. The normalized spacial score (nSPS) is 15.1. The van der Waals surface area contributed by atoms with Gasteiger partial charge >= 0.3 is 0 Å². The summed E-state index contributed by atoms with van der Waals surface area (Å²) in [5, 5.41) is 4.70. The van der Waals surface area contributed by atoms with Crippen molar-refractivity contribution in [2.45, 2.75) is 25.5 Å². The van der Waals surface area contributed by atoms with Crippen LogP contribution in [0.15, 0.2) is 71.9 Å². The standard InChI is InChI=1S/C23H26N4O.HI/c1-24-23(26-17-18-11-14-25-22-10-6-5-9-21(18)22)27-15-12-20(13-16-27)28-19-7-3-2-4-8-19;/h2-11,14,20H,12-13,15-17H2,1H3,(H,24,26);1H. The number of hydrogen-bond acceptors (Lipinski definition) is 3. The highest BCUT2D eigenvalue weighted by atomic mass is 127. The summed E-state index contributed by atoms with van der Waals surface area (Å²) in [4.78, 5) is 11.2. The molecule has 1 aromatic heterocycles. The summed E-state index contributed by atoms with van der Waals surface area (Å²) in [7, 11) is 1.85. The number of ether oxygens (including phenoxy) is 1. The second-order valence-corrected chi connectivity index (χ2v) is 7.01. The van der Waals surface area contributed by atoms with E-state index >= 15 is 0 Å². The molecule has 1 saturated heterocycles. The Morgan fingerprint density at radius 2 is 1.79 bits per heavy atom. The zero-order valence-electron chi connectivity index (χ0n) is 16.6. The predicted octanol–water partition coefficient (Wildman–Crippen LogP) is 4.47. The quantitative estimate of drug-likeness (QED) is 0.325. The van der Waals surface area contributed by atoms with Gasteiger partial charge in [0, 0.05) is 51.1 Å². The number of nitrogens with zero attached hydrogens (tertiary/aromatic N) is 3. The molecule has 5 nitrogen and oxygen atoms in total. The Morgan fingerprint density at radius 1 is 1.07 bits per heavy atom. The molecule has 3 aromatic rings. The van der Waals surface area contributed by atoms with Crippen LogP contribution < -0.4 is 10.1 Å². The number of likely N-dealkylation sites (tertiary alicyclic amines) is 1. The van der Waals surface area contributed by atoms with Crippen molar-refractivity contribution in [1.82, 2.24) is 15.2 Å². The fraction of sp³-hybridized carbons (Fsp3) is 0.304. The molecule has 2 heterocycles. The molecule has 0 unspecified atom stereocenters. The number of piperidine rings is 1. The van der Waals surface area contributed by atoms with Crippen molar-refractivity contribution < 1.29 is 4.74 Å². The highest BCUT2D eigenvalue weighted by Gasteiger charge is 2.22. The maximum absolute atomic E-state index is 6.10. The molecule has 1 aliphatic heterocycles. The summed E-state index contributed by atoms with van der Waals surface area (Å²) >= 11 is 0. The van der Waals surface area contributed by atoms with Crippen molar-refractivity contribution in [3.8, 4) is 5.75 Å². The fourth-order valence-corrected chi connectivity index (χ4v) is 3.69. The zero-order valence-corrected chi connectivity index (χ0v) is 19.0. The minimum Gasteiger partial charge on any atom is -0.490 e. The Balaban J connectivity index is 0.00000240. The van der Waals surface area contributed by atoms with Crippen LogP contribution in [0.3, 0.4) is 0 Å². The third kappa shape index (κ3) is 5.38. The van der Waals surface area contributed by atoms with Crippen LogP contribution in [0.1, 0.15) is 18.4 Å². The van der Waals surface area contributed by atoms with Crippen LogP contribution in [-0.2, 0) is 6.54 Å². The van der Waals surface area contributed by atoms with E-state index in [0.29, 0.717) is 0 Å². The van der Waals surface area contributed by atoms with Crippen LogP contribution >= 0.6 is 24.0 Å². The van der Waals surface area contributed by atoms with Crippen molar-refractivity contribution in [1.29, 1.82) is 0 Å². The number of aliphatic imine (C=N–C) groups is 1. The van der Waals surface area contributed by atoms with Gasteiger partial charge in [-0.05, 0) is 29.8 Å². The van der Waals surface area contributed by atoms with E-state index in [9.17, 15) is 0 Å². The van der Waals surface area contributed by atoms with Gasteiger partial charge in [0.15, 0.2) is 5.96 Å². The number of rotatable bonds is 4. The maximum atomic E-state index is 6.10. The monoisotopic (exact) mass is 502 g/mol. The molecule has 0 aliphatic carbocycles. The minimum absolute atomic E-state index is 0. The molecular formula is C23H27IN4O. The zero-order chi connectivity index (χ0) is 19.2. The van der Waals surface area contributed by atoms with Crippen LogP contribution in [-0.4, -0.2) is 42.1 Å². The van der Waals surface area contributed by atoms with E-state index in [1.807, 2.05) is 55.7 Å². The lowest BCUT2D eigenvalue weighted by Crippen LogP contribution is -2.47. The third-order valence-electron chi connectivity index (χ3n) is 5.18. The lowest BCUT2D eigenvalue weighted by Gasteiger charge is -2.34. The van der Waals surface area contributed by atoms with Crippen LogP contribution in [0.2, 0.25) is 0 Å². The first-order valence-corrected chi connectivity index (χ1v) is 9.83. The van der Waals surface area contributed by atoms with Crippen molar-refractivity contribution in [3.63, 3.8) is 0 Å². The molecular weight excluding hydrogens is 475 g/mol. The predicted molar refractivity (Wildman–Crippen MR) is 129 cm³/mol. The van der Waals surface area contributed by atoms with E-state index in [0.717, 1.165) is 49.7 Å². The average Bonchev–Trinajstić information content (AvgIpc) is 2.76. The van der Waals surface area contributed by atoms with Gasteiger partial charge in [0.05, 0.1) is 5.52 Å². The number of hydrogen-bond donors (Lipinski definition) is 1. The largest absolute Gasteiger partial charge is 0.490 e. The first-order valence-electron chi connectivity index (χ1n) is 9.83. The van der Waals surface area contributed by atoms with Crippen LogP contribution in [0, 0.1) is 0 Å². The molecule has 2 aromatic carbocycles. The summed E-state index contributed by atoms with van der Waals surface area (Å²) in [6, 6.07) is 20.4. The number of pyridine rings is 1. The van der Waals surface area contributed by atoms with Gasteiger partial charge in [-0.3, -0.25) is 9.98 Å². The molecule has 0 amide bonds. The van der Waals surface area contributed by atoms with Crippen LogP contribution in [0.25, 0.3) is 10.9 Å². The Bertz CT molecular complexity index is 935. The van der Waals surface area contributed by atoms with Gasteiger partial charge in [-0.1, -0.05) is 36.4 Å². The molecule has 152 valence electrons. The Labute approximate surface area is 189 Å². The molecule has 0 spiro atoms. The SMILES string of the molecule is CN=C(NCc1ccnc2ccccc12)N1CCC(Oc2ccccc2)CC1.I. The van der Waals surface area contributed by atoms with Crippen molar-refractivity contribution in [2.75, 3.05) is 20.1 Å². The number of benzene rings is 2. The lowest BCUT2D eigenvalue weighted by molar-refractivity contribution is 0.129. The number of halogens is 1. The van der Waals surface area contributed by atoms with Crippen molar-refractivity contribution in [2.24, 2.45) is 4.99 Å². The van der Waals surface area contributed by atoms with Crippen molar-refractivity contribution >= 4 is 40.8 Å². The number of nitrogens with one attached hydrogen (secondary N) is 1. The van der Waals surface area contributed by atoms with Gasteiger partial charge in [0.1, 0.15) is 11.9 Å². The van der Waals surface area contributed by atoms with Gasteiger partial charge in [0.25, 0.3) is 0 Å². The van der Waals surface area contributed by atoms with Gasteiger partial charge in [-0.15, -0.1) is 24.0 Å². The topological polar surface area (TPSA) is 49.8 Å². The van der Waals surface area contributed by atoms with E-state index in [-0.39, 0.29) is 30.1 Å². The van der Waals surface area contributed by atoms with Crippen molar-refractivity contribution in [3.05, 3.63) is 72.4 Å². The number of guanidine groups is 1. The Hall–Kier alpha value is -2.35. The molecule has 4 rings (SSSR count). The molecule has 0 atom stereocenters. The number of fused-ring (bicyclic) bond motifs is 1. The Morgan fingerprint density at radius 3 is 2.55 bits per heavy atom. The molecule has 6 heteroatoms. The minimum atomic E-state index is 0. The molecule has 1 aliphatic rings. The van der Waals surface area contributed by atoms with Gasteiger partial charge in [-0.2, -0.15) is 0 Å². The second-order valence-electron chi connectivity index (χ2n) is 7.01. The third-order valence-corrected chi connectivity index (χ3v) is 5.18. The number of aromatic nitrogens is 1. The lowest BCUT2D eigenvalue weighted by atomic mass is 10.1. The molecule has 29 heavy (non-hydrogen) atoms. The summed E-state index contributed by atoms with van der Waals surface area (Å²) in [5.41, 5.74) is 2.25. The summed E-state index contributed by atoms with van der Waals surface area (Å²) in [5.74, 6) is 1.90. The van der Waals surface area contributed by atoms with E-state index in [2.05, 4.69) is 38.4 Å². The number of para-hydroxylation sites is 2.